The fourth-order valence-corrected chi connectivity index (χ4v) is 3.28. The number of hydrogen-bond acceptors (Lipinski definition) is 4. The predicted octanol–water partition coefficient (Wildman–Crippen LogP) is 4.75. The van der Waals surface area contributed by atoms with Crippen molar-refractivity contribution in [2.45, 2.75) is 6.18 Å². The highest BCUT2D eigenvalue weighted by atomic mass is 32.1. The van der Waals surface area contributed by atoms with Gasteiger partial charge in [0.05, 0.1) is 34.0 Å². The molecule has 4 aromatic rings. The van der Waals surface area contributed by atoms with Crippen molar-refractivity contribution >= 4 is 33.8 Å². The topological polar surface area (TPSA) is 59.8 Å². The Kier molecular flexibility index (Phi) is 4.15. The number of halogens is 3. The number of carbonyl (C=O) groups excluding carboxylic acids is 1. The molecule has 0 saturated carbocycles. The Balaban J connectivity index is 1.72. The number of amides is 1. The van der Waals surface area contributed by atoms with Crippen LogP contribution >= 0.6 is 11.3 Å². The number of nitrogens with zero attached hydrogens (tertiary/aromatic N) is 3. The van der Waals surface area contributed by atoms with Gasteiger partial charge in [0.1, 0.15) is 0 Å². The monoisotopic (exact) mass is 388 g/mol. The van der Waals surface area contributed by atoms with Gasteiger partial charge < -0.3 is 5.32 Å². The highest BCUT2D eigenvalue weighted by molar-refractivity contribution is 7.07. The summed E-state index contributed by atoms with van der Waals surface area (Å²) in [6.45, 7) is 0. The van der Waals surface area contributed by atoms with Gasteiger partial charge in [-0.2, -0.15) is 18.3 Å². The van der Waals surface area contributed by atoms with Crippen LogP contribution in [0.25, 0.3) is 16.7 Å². The van der Waals surface area contributed by atoms with Gasteiger partial charge in [0.15, 0.2) is 5.82 Å². The Labute approximate surface area is 155 Å². The van der Waals surface area contributed by atoms with Crippen molar-refractivity contribution < 1.29 is 18.0 Å². The molecule has 2 heterocycles. The molecule has 0 aliphatic rings. The van der Waals surface area contributed by atoms with Gasteiger partial charge in [-0.1, -0.05) is 18.2 Å². The number of hydrogen-bond donors (Lipinski definition) is 1. The van der Waals surface area contributed by atoms with Gasteiger partial charge in [0.25, 0.3) is 5.91 Å². The standard InChI is InChI=1S/C18H11F3N4OS/c19-18(20,21)13-5-2-1-4-11(13)17(26)24-14-6-3-7-15-12(14)8-23-25(15)16-9-27-10-22-16/h1-10H,(H,24,26). The third-order valence-electron chi connectivity index (χ3n) is 3.98. The van der Waals surface area contributed by atoms with Crippen LogP contribution in [0.1, 0.15) is 15.9 Å². The average Bonchev–Trinajstić information content (AvgIpc) is 3.30. The molecule has 27 heavy (non-hydrogen) atoms. The maximum absolute atomic E-state index is 13.2. The number of carbonyl (C=O) groups is 1. The predicted molar refractivity (Wildman–Crippen MR) is 96.1 cm³/mol. The van der Waals surface area contributed by atoms with E-state index in [1.165, 1.54) is 23.5 Å². The van der Waals surface area contributed by atoms with Gasteiger partial charge in [-0.25, -0.2) is 9.67 Å². The zero-order chi connectivity index (χ0) is 19.0. The highest BCUT2D eigenvalue weighted by Crippen LogP contribution is 2.33. The van der Waals surface area contributed by atoms with Crippen LogP contribution in [-0.4, -0.2) is 20.7 Å². The summed E-state index contributed by atoms with van der Waals surface area (Å²) in [5.74, 6) is -0.210. The van der Waals surface area contributed by atoms with E-state index in [2.05, 4.69) is 15.4 Å². The average molecular weight is 388 g/mol. The molecule has 0 aliphatic heterocycles. The van der Waals surface area contributed by atoms with E-state index in [1.54, 1.807) is 34.6 Å². The lowest BCUT2D eigenvalue weighted by atomic mass is 10.1. The zero-order valence-corrected chi connectivity index (χ0v) is 14.4. The first kappa shape index (κ1) is 17.2. The molecule has 2 aromatic heterocycles. The molecule has 0 atom stereocenters. The fraction of sp³-hybridized carbons (Fsp3) is 0.0556. The number of aromatic nitrogens is 3. The molecule has 0 unspecified atom stereocenters. The second kappa shape index (κ2) is 6.51. The van der Waals surface area contributed by atoms with E-state index in [0.29, 0.717) is 22.4 Å². The lowest BCUT2D eigenvalue weighted by molar-refractivity contribution is -0.137. The summed E-state index contributed by atoms with van der Waals surface area (Å²) in [5, 5.41) is 9.24. The van der Waals surface area contributed by atoms with Crippen LogP contribution in [0.2, 0.25) is 0 Å². The molecule has 0 radical (unpaired) electrons. The summed E-state index contributed by atoms with van der Waals surface area (Å²) in [7, 11) is 0. The van der Waals surface area contributed by atoms with Gasteiger partial charge in [0, 0.05) is 10.8 Å². The minimum absolute atomic E-state index is 0.371. The molecule has 0 aliphatic carbocycles. The largest absolute Gasteiger partial charge is 0.417 e. The molecule has 136 valence electrons. The molecule has 0 bridgehead atoms. The number of rotatable bonds is 3. The van der Waals surface area contributed by atoms with E-state index in [-0.39, 0.29) is 0 Å². The van der Waals surface area contributed by atoms with Crippen LogP contribution in [0.4, 0.5) is 18.9 Å². The SMILES string of the molecule is O=C(Nc1cccc2c1cnn2-c1cscn1)c1ccccc1C(F)(F)F. The first-order valence-corrected chi connectivity index (χ1v) is 8.72. The van der Waals surface area contributed by atoms with Crippen LogP contribution in [0.15, 0.2) is 59.6 Å². The van der Waals surface area contributed by atoms with Crippen LogP contribution in [0.5, 0.6) is 0 Å². The van der Waals surface area contributed by atoms with Gasteiger partial charge in [-0.3, -0.25) is 4.79 Å². The molecule has 0 fully saturated rings. The van der Waals surface area contributed by atoms with Crippen molar-refractivity contribution in [3.8, 4) is 5.82 Å². The highest BCUT2D eigenvalue weighted by Gasteiger charge is 2.34. The minimum atomic E-state index is -4.62. The summed E-state index contributed by atoms with van der Waals surface area (Å²) in [4.78, 5) is 16.7. The lowest BCUT2D eigenvalue weighted by Gasteiger charge is -2.13. The molecule has 2 aromatic carbocycles. The molecular weight excluding hydrogens is 377 g/mol. The van der Waals surface area contributed by atoms with E-state index >= 15 is 0 Å². The molecule has 9 heteroatoms. The summed E-state index contributed by atoms with van der Waals surface area (Å²) in [5.41, 5.74) is 1.31. The Morgan fingerprint density at radius 3 is 2.67 bits per heavy atom. The van der Waals surface area contributed by atoms with E-state index in [9.17, 15) is 18.0 Å². The van der Waals surface area contributed by atoms with E-state index in [1.807, 2.05) is 5.38 Å². The van der Waals surface area contributed by atoms with Gasteiger partial charge in [-0.15, -0.1) is 11.3 Å². The molecule has 0 saturated heterocycles. The first-order chi connectivity index (χ1) is 12.9. The molecular formula is C18H11F3N4OS. The van der Waals surface area contributed by atoms with Gasteiger partial charge in [-0.05, 0) is 24.3 Å². The van der Waals surface area contributed by atoms with Crippen molar-refractivity contribution in [3.05, 3.63) is 70.7 Å². The van der Waals surface area contributed by atoms with Crippen LogP contribution in [-0.2, 0) is 6.18 Å². The molecule has 4 rings (SSSR count). The quantitative estimate of drug-likeness (QED) is 0.551. The summed E-state index contributed by atoms with van der Waals surface area (Å²) < 4.78 is 41.1. The summed E-state index contributed by atoms with van der Waals surface area (Å²) in [6.07, 6.45) is -3.07. The first-order valence-electron chi connectivity index (χ1n) is 7.78. The summed E-state index contributed by atoms with van der Waals surface area (Å²) in [6, 6.07) is 9.78. The number of benzene rings is 2. The molecule has 1 N–H and O–H groups in total. The maximum atomic E-state index is 13.2. The minimum Gasteiger partial charge on any atom is -0.321 e. The number of thiazole rings is 1. The van der Waals surface area contributed by atoms with Crippen molar-refractivity contribution in [1.82, 2.24) is 14.8 Å². The smallest absolute Gasteiger partial charge is 0.321 e. The second-order valence-electron chi connectivity index (χ2n) is 5.64. The van der Waals surface area contributed by atoms with E-state index in [0.717, 1.165) is 12.1 Å². The lowest BCUT2D eigenvalue weighted by Crippen LogP contribution is -2.18. The second-order valence-corrected chi connectivity index (χ2v) is 6.36. The fourth-order valence-electron chi connectivity index (χ4n) is 2.77. The molecule has 0 spiro atoms. The van der Waals surface area contributed by atoms with Crippen LogP contribution in [0, 0.1) is 0 Å². The van der Waals surface area contributed by atoms with Crippen molar-refractivity contribution in [2.24, 2.45) is 0 Å². The number of alkyl halides is 3. The Bertz CT molecular complexity index is 1120. The van der Waals surface area contributed by atoms with Crippen molar-refractivity contribution in [3.63, 3.8) is 0 Å². The normalized spacial score (nSPS) is 11.7. The number of fused-ring (bicyclic) bond motifs is 1. The van der Waals surface area contributed by atoms with E-state index < -0.39 is 23.2 Å². The van der Waals surface area contributed by atoms with Crippen molar-refractivity contribution in [1.29, 1.82) is 0 Å². The third-order valence-corrected chi connectivity index (χ3v) is 4.55. The number of anilines is 1. The van der Waals surface area contributed by atoms with Crippen molar-refractivity contribution in [2.75, 3.05) is 5.32 Å². The van der Waals surface area contributed by atoms with E-state index in [4.69, 9.17) is 0 Å². The maximum Gasteiger partial charge on any atom is 0.417 e. The third kappa shape index (κ3) is 3.17. The number of nitrogens with one attached hydrogen (secondary N) is 1. The van der Waals surface area contributed by atoms with Crippen LogP contribution < -0.4 is 5.32 Å². The molecule has 1 amide bonds. The Morgan fingerprint density at radius 1 is 1.11 bits per heavy atom. The van der Waals surface area contributed by atoms with Gasteiger partial charge in [0.2, 0.25) is 0 Å². The Morgan fingerprint density at radius 2 is 1.93 bits per heavy atom. The van der Waals surface area contributed by atoms with Crippen LogP contribution in [0.3, 0.4) is 0 Å². The zero-order valence-electron chi connectivity index (χ0n) is 13.6. The summed E-state index contributed by atoms with van der Waals surface area (Å²) >= 11 is 1.41. The molecule has 5 nitrogen and oxygen atoms in total. The van der Waals surface area contributed by atoms with Gasteiger partial charge >= 0.3 is 6.18 Å². The Hall–Kier alpha value is -3.20.